The Bertz CT molecular complexity index is 407. The molecule has 3 nitrogen and oxygen atoms in total. The molecule has 0 amide bonds. The Morgan fingerprint density at radius 3 is 1.73 bits per heavy atom. The second kappa shape index (κ2) is 4.25. The number of pyridine rings is 1. The summed E-state index contributed by atoms with van der Waals surface area (Å²) in [5.41, 5.74) is 3.27. The number of benzene rings is 1. The average molecular weight is 199 g/mol. The van der Waals surface area contributed by atoms with E-state index in [4.69, 9.17) is 10.0 Å². The Labute approximate surface area is 88.2 Å². The maximum absolute atomic E-state index is 8.54. The molecule has 3 rings (SSSR count). The topological polar surface area (TPSA) is 53.4 Å². The third kappa shape index (κ3) is 2.23. The molecule has 0 radical (unpaired) electrons. The Morgan fingerprint density at radius 1 is 0.933 bits per heavy atom. The molecule has 0 unspecified atom stereocenters. The van der Waals surface area contributed by atoms with Gasteiger partial charge in [0, 0.05) is 17.9 Å². The van der Waals surface area contributed by atoms with E-state index in [-0.39, 0.29) is 0 Å². The van der Waals surface area contributed by atoms with E-state index in [9.17, 15) is 0 Å². The lowest BCUT2D eigenvalue weighted by Gasteiger charge is -2.10. The molecule has 1 aromatic heterocycles. The molecule has 15 heavy (non-hydrogen) atoms. The SMILES string of the molecule is OB(O)c1cccnc1.c1cc2ccc1-2. The van der Waals surface area contributed by atoms with Gasteiger partial charge in [0.05, 0.1) is 0 Å². The lowest BCUT2D eigenvalue weighted by atomic mass is 9.82. The fourth-order valence-corrected chi connectivity index (χ4v) is 1.19. The van der Waals surface area contributed by atoms with Crippen LogP contribution in [0.3, 0.4) is 0 Å². The van der Waals surface area contributed by atoms with Crippen molar-refractivity contribution in [3.05, 3.63) is 48.8 Å². The van der Waals surface area contributed by atoms with Crippen LogP contribution in [0.25, 0.3) is 11.1 Å². The van der Waals surface area contributed by atoms with Crippen molar-refractivity contribution in [3.8, 4) is 11.1 Å². The maximum atomic E-state index is 8.54. The summed E-state index contributed by atoms with van der Waals surface area (Å²) in [5.74, 6) is 0. The number of hydrogen-bond acceptors (Lipinski definition) is 3. The molecule has 0 atom stereocenters. The van der Waals surface area contributed by atoms with Crippen molar-refractivity contribution in [1.29, 1.82) is 0 Å². The third-order valence-electron chi connectivity index (χ3n) is 2.20. The number of rotatable bonds is 1. The quantitative estimate of drug-likeness (QED) is 0.558. The highest BCUT2D eigenvalue weighted by Crippen LogP contribution is 2.29. The molecule has 2 N–H and O–H groups in total. The van der Waals surface area contributed by atoms with E-state index >= 15 is 0 Å². The van der Waals surface area contributed by atoms with Gasteiger partial charge < -0.3 is 10.0 Å². The molecule has 4 heteroatoms. The molecule has 74 valence electrons. The average Bonchev–Trinajstić information content (AvgIpc) is 2.25. The largest absolute Gasteiger partial charge is 0.490 e. The first-order chi connectivity index (χ1) is 7.27. The minimum Gasteiger partial charge on any atom is -0.423 e. The van der Waals surface area contributed by atoms with E-state index < -0.39 is 7.12 Å². The van der Waals surface area contributed by atoms with Crippen molar-refractivity contribution in [2.45, 2.75) is 0 Å². The van der Waals surface area contributed by atoms with Crippen LogP contribution in [0.2, 0.25) is 0 Å². The number of aromatic nitrogens is 1. The fourth-order valence-electron chi connectivity index (χ4n) is 1.19. The molecule has 2 aliphatic rings. The minimum atomic E-state index is -1.40. The predicted octanol–water partition coefficient (Wildman–Crippen LogP) is 0.428. The van der Waals surface area contributed by atoms with E-state index in [1.807, 2.05) is 0 Å². The van der Waals surface area contributed by atoms with Gasteiger partial charge in [-0.3, -0.25) is 4.98 Å². The zero-order valence-electron chi connectivity index (χ0n) is 8.04. The van der Waals surface area contributed by atoms with Crippen molar-refractivity contribution in [2.75, 3.05) is 0 Å². The summed E-state index contributed by atoms with van der Waals surface area (Å²) in [6, 6.07) is 11.7. The van der Waals surface area contributed by atoms with Crippen LogP contribution in [0.4, 0.5) is 0 Å². The summed E-state index contributed by atoms with van der Waals surface area (Å²) in [7, 11) is -1.40. The van der Waals surface area contributed by atoms with Crippen LogP contribution in [0.5, 0.6) is 0 Å². The monoisotopic (exact) mass is 199 g/mol. The second-order valence-electron chi connectivity index (χ2n) is 3.24. The zero-order chi connectivity index (χ0) is 10.7. The molecule has 0 aromatic carbocycles. The van der Waals surface area contributed by atoms with Crippen molar-refractivity contribution < 1.29 is 10.0 Å². The molecular weight excluding hydrogens is 189 g/mol. The summed E-state index contributed by atoms with van der Waals surface area (Å²) < 4.78 is 0. The second-order valence-corrected chi connectivity index (χ2v) is 3.24. The van der Waals surface area contributed by atoms with E-state index in [0.29, 0.717) is 5.46 Å². The van der Waals surface area contributed by atoms with Crippen LogP contribution in [0.1, 0.15) is 0 Å². The molecule has 0 bridgehead atoms. The van der Waals surface area contributed by atoms with Crippen LogP contribution in [-0.2, 0) is 0 Å². The molecule has 2 aliphatic carbocycles. The van der Waals surface area contributed by atoms with Crippen LogP contribution < -0.4 is 5.46 Å². The molecule has 0 saturated carbocycles. The summed E-state index contributed by atoms with van der Waals surface area (Å²) in [4.78, 5) is 3.69. The Hall–Kier alpha value is -1.65. The number of fused-ring (bicyclic) bond motifs is 1. The summed E-state index contributed by atoms with van der Waals surface area (Å²) in [5, 5.41) is 17.1. The fraction of sp³-hybridized carbons (Fsp3) is 0. The van der Waals surface area contributed by atoms with Crippen LogP contribution >= 0.6 is 0 Å². The van der Waals surface area contributed by atoms with E-state index in [2.05, 4.69) is 29.2 Å². The molecule has 0 saturated heterocycles. The van der Waals surface area contributed by atoms with Gasteiger partial charge in [-0.25, -0.2) is 0 Å². The molecule has 1 aromatic rings. The van der Waals surface area contributed by atoms with Crippen molar-refractivity contribution in [1.82, 2.24) is 4.98 Å². The standard InChI is InChI=1S/C6H4.C5H6BNO2/c1-2-6-4-3-5(1)6;8-6(9)5-2-1-3-7-4-5/h1-4H;1-4,8-9H. The van der Waals surface area contributed by atoms with Gasteiger partial charge in [-0.1, -0.05) is 30.3 Å². The summed E-state index contributed by atoms with van der Waals surface area (Å²) in [6.45, 7) is 0. The molecule has 1 heterocycles. The predicted molar refractivity (Wildman–Crippen MR) is 59.5 cm³/mol. The van der Waals surface area contributed by atoms with Gasteiger partial charge in [-0.05, 0) is 17.2 Å². The van der Waals surface area contributed by atoms with Crippen LogP contribution in [0, 0.1) is 0 Å². The first-order valence-electron chi connectivity index (χ1n) is 4.64. The smallest absolute Gasteiger partial charge is 0.423 e. The first-order valence-corrected chi connectivity index (χ1v) is 4.64. The van der Waals surface area contributed by atoms with Gasteiger partial charge in [-0.2, -0.15) is 0 Å². The van der Waals surface area contributed by atoms with E-state index in [1.165, 1.54) is 17.3 Å². The molecular formula is C11H10BNO2. The van der Waals surface area contributed by atoms with Crippen LogP contribution in [0.15, 0.2) is 48.8 Å². The third-order valence-corrected chi connectivity index (χ3v) is 2.20. The zero-order valence-corrected chi connectivity index (χ0v) is 8.04. The molecule has 0 fully saturated rings. The van der Waals surface area contributed by atoms with Crippen molar-refractivity contribution in [3.63, 3.8) is 0 Å². The lowest BCUT2D eigenvalue weighted by Crippen LogP contribution is -2.29. The molecule has 0 spiro atoms. The number of nitrogens with zero attached hydrogens (tertiary/aromatic N) is 1. The van der Waals surface area contributed by atoms with E-state index in [0.717, 1.165) is 0 Å². The van der Waals surface area contributed by atoms with Gasteiger partial charge in [0.2, 0.25) is 0 Å². The highest BCUT2D eigenvalue weighted by atomic mass is 16.4. The van der Waals surface area contributed by atoms with Crippen molar-refractivity contribution >= 4 is 12.6 Å². The number of hydrogen-bond donors (Lipinski definition) is 2. The minimum absolute atomic E-state index is 0.414. The van der Waals surface area contributed by atoms with Crippen LogP contribution in [-0.4, -0.2) is 22.2 Å². The Morgan fingerprint density at radius 2 is 1.53 bits per heavy atom. The van der Waals surface area contributed by atoms with E-state index in [1.54, 1.807) is 18.3 Å². The van der Waals surface area contributed by atoms with Gasteiger partial charge in [-0.15, -0.1) is 0 Å². The first kappa shape index (κ1) is 9.89. The van der Waals surface area contributed by atoms with Gasteiger partial charge in [0.15, 0.2) is 0 Å². The Balaban J connectivity index is 0.000000121. The summed E-state index contributed by atoms with van der Waals surface area (Å²) >= 11 is 0. The lowest BCUT2D eigenvalue weighted by molar-refractivity contribution is 0.425. The van der Waals surface area contributed by atoms with Crippen molar-refractivity contribution in [2.24, 2.45) is 0 Å². The van der Waals surface area contributed by atoms with Gasteiger partial charge in [0.1, 0.15) is 0 Å². The summed E-state index contributed by atoms with van der Waals surface area (Å²) in [6.07, 6.45) is 2.98. The maximum Gasteiger partial charge on any atom is 0.490 e. The highest BCUT2D eigenvalue weighted by molar-refractivity contribution is 6.58. The molecule has 0 aliphatic heterocycles. The highest BCUT2D eigenvalue weighted by Gasteiger charge is 2.08. The Kier molecular flexibility index (Phi) is 2.80. The van der Waals surface area contributed by atoms with Gasteiger partial charge >= 0.3 is 7.12 Å². The van der Waals surface area contributed by atoms with Gasteiger partial charge in [0.25, 0.3) is 0 Å². The normalized spacial score (nSPS) is 10.0.